The molecule has 1 aliphatic rings. The Morgan fingerprint density at radius 2 is 1.75 bits per heavy atom. The van der Waals surface area contributed by atoms with Gasteiger partial charge in [-0.25, -0.2) is 4.39 Å². The van der Waals surface area contributed by atoms with Crippen LogP contribution < -0.4 is 0 Å². The lowest BCUT2D eigenvalue weighted by molar-refractivity contribution is 0.0682. The molecule has 0 spiro atoms. The first-order valence-corrected chi connectivity index (χ1v) is 8.73. The standard InChI is InChI=1S/C21H24FNO/c1-16-6-8-17(9-7-16)10-11-18-12-14-23(15-13-18)21(24)19-4-2-3-5-20(19)22/h2-9,18H,10-15H2,1H3. The smallest absolute Gasteiger partial charge is 0.256 e. The van der Waals surface area contributed by atoms with Crippen molar-refractivity contribution < 1.29 is 9.18 Å². The highest BCUT2D eigenvalue weighted by molar-refractivity contribution is 5.94. The minimum absolute atomic E-state index is 0.176. The molecule has 3 rings (SSSR count). The number of carbonyl (C=O) groups excluding carboxylic acids is 1. The fraction of sp³-hybridized carbons (Fsp3) is 0.381. The Hall–Kier alpha value is -2.16. The van der Waals surface area contributed by atoms with Crippen molar-refractivity contribution in [3.05, 3.63) is 71.0 Å². The summed E-state index contributed by atoms with van der Waals surface area (Å²) >= 11 is 0. The van der Waals surface area contributed by atoms with Gasteiger partial charge in [0.2, 0.25) is 0 Å². The van der Waals surface area contributed by atoms with Crippen molar-refractivity contribution in [3.63, 3.8) is 0 Å². The molecule has 1 fully saturated rings. The third kappa shape index (κ3) is 4.02. The fourth-order valence-electron chi connectivity index (χ4n) is 3.36. The van der Waals surface area contributed by atoms with Crippen molar-refractivity contribution in [2.24, 2.45) is 5.92 Å². The Balaban J connectivity index is 1.49. The van der Waals surface area contributed by atoms with E-state index < -0.39 is 5.82 Å². The maximum absolute atomic E-state index is 13.8. The summed E-state index contributed by atoms with van der Waals surface area (Å²) in [6.07, 6.45) is 4.26. The highest BCUT2D eigenvalue weighted by Gasteiger charge is 2.24. The van der Waals surface area contributed by atoms with E-state index in [4.69, 9.17) is 0 Å². The summed E-state index contributed by atoms with van der Waals surface area (Å²) in [6.45, 7) is 3.56. The first-order valence-electron chi connectivity index (χ1n) is 8.73. The van der Waals surface area contributed by atoms with Crippen LogP contribution in [-0.4, -0.2) is 23.9 Å². The van der Waals surface area contributed by atoms with Gasteiger partial charge in [-0.2, -0.15) is 0 Å². The van der Waals surface area contributed by atoms with Gasteiger partial charge in [0.25, 0.3) is 5.91 Å². The maximum Gasteiger partial charge on any atom is 0.256 e. The molecule has 2 aromatic rings. The lowest BCUT2D eigenvalue weighted by atomic mass is 9.90. The molecule has 24 heavy (non-hydrogen) atoms. The van der Waals surface area contributed by atoms with E-state index in [0.717, 1.165) is 38.8 Å². The number of benzene rings is 2. The summed E-state index contributed by atoms with van der Waals surface area (Å²) < 4.78 is 13.8. The van der Waals surface area contributed by atoms with E-state index in [1.807, 2.05) is 0 Å². The van der Waals surface area contributed by atoms with Crippen LogP contribution in [0.4, 0.5) is 4.39 Å². The van der Waals surface area contributed by atoms with Crippen molar-refractivity contribution in [2.45, 2.75) is 32.6 Å². The molecule has 126 valence electrons. The molecule has 0 radical (unpaired) electrons. The molecule has 1 amide bonds. The van der Waals surface area contributed by atoms with Gasteiger partial charge in [0.05, 0.1) is 5.56 Å². The highest BCUT2D eigenvalue weighted by Crippen LogP contribution is 2.24. The van der Waals surface area contributed by atoms with E-state index in [1.54, 1.807) is 23.1 Å². The summed E-state index contributed by atoms with van der Waals surface area (Å²) in [5.41, 5.74) is 2.86. The zero-order valence-corrected chi connectivity index (χ0v) is 14.2. The summed E-state index contributed by atoms with van der Waals surface area (Å²) in [7, 11) is 0. The Morgan fingerprint density at radius 3 is 2.42 bits per heavy atom. The number of amides is 1. The number of halogens is 1. The Labute approximate surface area is 143 Å². The monoisotopic (exact) mass is 325 g/mol. The molecule has 2 aromatic carbocycles. The van der Waals surface area contributed by atoms with Crippen molar-refractivity contribution in [2.75, 3.05) is 13.1 Å². The van der Waals surface area contributed by atoms with Gasteiger partial charge in [-0.05, 0) is 56.2 Å². The first kappa shape index (κ1) is 16.7. The lowest BCUT2D eigenvalue weighted by Crippen LogP contribution is -2.38. The van der Waals surface area contributed by atoms with Gasteiger partial charge in [-0.15, -0.1) is 0 Å². The van der Waals surface area contributed by atoms with E-state index in [9.17, 15) is 9.18 Å². The number of nitrogens with zero attached hydrogens (tertiary/aromatic N) is 1. The second-order valence-electron chi connectivity index (χ2n) is 6.74. The van der Waals surface area contributed by atoms with Crippen LogP contribution in [0.5, 0.6) is 0 Å². The minimum Gasteiger partial charge on any atom is -0.339 e. The molecule has 3 heteroatoms. The Morgan fingerprint density at radius 1 is 1.08 bits per heavy atom. The van der Waals surface area contributed by atoms with Gasteiger partial charge in [-0.3, -0.25) is 4.79 Å². The quantitative estimate of drug-likeness (QED) is 0.803. The molecule has 0 atom stereocenters. The van der Waals surface area contributed by atoms with Crippen LogP contribution >= 0.6 is 0 Å². The van der Waals surface area contributed by atoms with Crippen molar-refractivity contribution in [3.8, 4) is 0 Å². The van der Waals surface area contributed by atoms with Crippen LogP contribution in [0.3, 0.4) is 0 Å². The fourth-order valence-corrected chi connectivity index (χ4v) is 3.36. The molecule has 1 aliphatic heterocycles. The van der Waals surface area contributed by atoms with Crippen LogP contribution in [0.2, 0.25) is 0 Å². The van der Waals surface area contributed by atoms with E-state index in [0.29, 0.717) is 5.92 Å². The second-order valence-corrected chi connectivity index (χ2v) is 6.74. The van der Waals surface area contributed by atoms with Crippen molar-refractivity contribution in [1.29, 1.82) is 0 Å². The molecular formula is C21H24FNO. The van der Waals surface area contributed by atoms with Crippen LogP contribution in [0.25, 0.3) is 0 Å². The molecule has 0 bridgehead atoms. The number of hydrogen-bond acceptors (Lipinski definition) is 1. The number of aryl methyl sites for hydroxylation is 2. The van der Waals surface area contributed by atoms with E-state index in [2.05, 4.69) is 31.2 Å². The predicted molar refractivity (Wildman–Crippen MR) is 94.5 cm³/mol. The molecule has 1 saturated heterocycles. The topological polar surface area (TPSA) is 20.3 Å². The first-order chi connectivity index (χ1) is 11.6. The molecule has 1 heterocycles. The number of rotatable bonds is 4. The summed E-state index contributed by atoms with van der Waals surface area (Å²) in [5, 5.41) is 0. The maximum atomic E-state index is 13.8. The summed E-state index contributed by atoms with van der Waals surface area (Å²) in [6, 6.07) is 15.0. The minimum atomic E-state index is -0.427. The van der Waals surface area contributed by atoms with Gasteiger partial charge in [-0.1, -0.05) is 42.0 Å². The van der Waals surface area contributed by atoms with Crippen LogP contribution in [0.15, 0.2) is 48.5 Å². The van der Waals surface area contributed by atoms with Gasteiger partial charge in [0.1, 0.15) is 5.82 Å². The van der Waals surface area contributed by atoms with Gasteiger partial charge >= 0.3 is 0 Å². The average molecular weight is 325 g/mol. The van der Waals surface area contributed by atoms with Gasteiger partial charge in [0, 0.05) is 13.1 Å². The van der Waals surface area contributed by atoms with Crippen molar-refractivity contribution >= 4 is 5.91 Å². The molecule has 0 aromatic heterocycles. The Bertz CT molecular complexity index is 687. The normalized spacial score (nSPS) is 15.5. The SMILES string of the molecule is Cc1ccc(CCC2CCN(C(=O)c3ccccc3F)CC2)cc1. The molecular weight excluding hydrogens is 301 g/mol. The number of hydrogen-bond donors (Lipinski definition) is 0. The molecule has 0 unspecified atom stereocenters. The molecule has 0 saturated carbocycles. The number of carbonyl (C=O) groups is 1. The summed E-state index contributed by atoms with van der Waals surface area (Å²) in [5.74, 6) is 0.0463. The van der Waals surface area contributed by atoms with E-state index >= 15 is 0 Å². The molecule has 0 aliphatic carbocycles. The number of piperidine rings is 1. The van der Waals surface area contributed by atoms with E-state index in [-0.39, 0.29) is 11.5 Å². The van der Waals surface area contributed by atoms with E-state index in [1.165, 1.54) is 17.2 Å². The van der Waals surface area contributed by atoms with Crippen LogP contribution in [-0.2, 0) is 6.42 Å². The Kier molecular flexibility index (Phi) is 5.29. The van der Waals surface area contributed by atoms with Gasteiger partial charge in [0.15, 0.2) is 0 Å². The summed E-state index contributed by atoms with van der Waals surface area (Å²) in [4.78, 5) is 14.2. The number of likely N-dealkylation sites (tertiary alicyclic amines) is 1. The van der Waals surface area contributed by atoms with Crippen LogP contribution in [0, 0.1) is 18.7 Å². The lowest BCUT2D eigenvalue weighted by Gasteiger charge is -2.32. The average Bonchev–Trinajstić information content (AvgIpc) is 2.61. The third-order valence-electron chi connectivity index (χ3n) is 4.97. The third-order valence-corrected chi connectivity index (χ3v) is 4.97. The van der Waals surface area contributed by atoms with Crippen LogP contribution in [0.1, 0.15) is 40.7 Å². The highest BCUT2D eigenvalue weighted by atomic mass is 19.1. The van der Waals surface area contributed by atoms with Crippen molar-refractivity contribution in [1.82, 2.24) is 4.90 Å². The zero-order valence-electron chi connectivity index (χ0n) is 14.2. The molecule has 0 N–H and O–H groups in total. The molecule has 2 nitrogen and oxygen atoms in total. The predicted octanol–water partition coefficient (Wildman–Crippen LogP) is 4.62. The van der Waals surface area contributed by atoms with Gasteiger partial charge < -0.3 is 4.90 Å². The zero-order chi connectivity index (χ0) is 16.9. The largest absolute Gasteiger partial charge is 0.339 e. The second kappa shape index (κ2) is 7.61.